The number of pyridine rings is 1. The lowest BCUT2D eigenvalue weighted by Crippen LogP contribution is -2.01. The Balaban J connectivity index is 1.60. The molecule has 6 nitrogen and oxygen atoms in total. The summed E-state index contributed by atoms with van der Waals surface area (Å²) in [6.07, 6.45) is 1.67. The van der Waals surface area contributed by atoms with E-state index in [0.717, 1.165) is 11.3 Å². The molecule has 29 heavy (non-hydrogen) atoms. The van der Waals surface area contributed by atoms with Gasteiger partial charge in [-0.3, -0.25) is 4.79 Å². The number of methoxy groups -OCH3 is 1. The molecule has 0 saturated carbocycles. The second kappa shape index (κ2) is 8.28. The fourth-order valence-corrected chi connectivity index (χ4v) is 3.52. The summed E-state index contributed by atoms with van der Waals surface area (Å²) in [5, 5.41) is 11.5. The molecule has 0 saturated heterocycles. The molecule has 2 heterocycles. The minimum absolute atomic E-state index is 0.118. The molecular weight excluding hydrogens is 390 g/mol. The molecule has 0 spiro atoms. The number of hydrogen-bond donors (Lipinski definition) is 1. The van der Waals surface area contributed by atoms with Crippen LogP contribution in [0, 0.1) is 0 Å². The van der Waals surface area contributed by atoms with Crippen molar-refractivity contribution >= 4 is 22.7 Å². The first kappa shape index (κ1) is 18.9. The minimum Gasteiger partial charge on any atom is -0.507 e. The van der Waals surface area contributed by atoms with Gasteiger partial charge in [0.05, 0.1) is 7.11 Å². The molecule has 146 valence electrons. The van der Waals surface area contributed by atoms with Crippen LogP contribution in [0.1, 0.15) is 5.56 Å². The van der Waals surface area contributed by atoms with Crippen molar-refractivity contribution in [3.05, 3.63) is 82.6 Å². The molecule has 2 aromatic carbocycles. The van der Waals surface area contributed by atoms with Gasteiger partial charge < -0.3 is 19.0 Å². The molecule has 0 bridgehead atoms. The molecule has 1 N–H and O–H groups in total. The Morgan fingerprint density at radius 2 is 1.90 bits per heavy atom. The molecule has 0 fully saturated rings. The Kier molecular flexibility index (Phi) is 5.39. The molecule has 0 unspecified atom stereocenters. The van der Waals surface area contributed by atoms with Gasteiger partial charge >= 0.3 is 0 Å². The summed E-state index contributed by atoms with van der Waals surface area (Å²) in [7, 11) is 1.61. The van der Waals surface area contributed by atoms with E-state index in [2.05, 4.69) is 4.98 Å². The normalized spacial score (nSPS) is 10.8. The first-order chi connectivity index (χ1) is 14.1. The van der Waals surface area contributed by atoms with Crippen molar-refractivity contribution in [3.63, 3.8) is 0 Å². The monoisotopic (exact) mass is 407 g/mol. The number of aromatic hydroxyl groups is 1. The minimum atomic E-state index is -0.330. The fraction of sp³-hybridized carbons (Fsp3) is 0.0909. The number of rotatable bonds is 6. The quantitative estimate of drug-likeness (QED) is 0.499. The van der Waals surface area contributed by atoms with Gasteiger partial charge in [0, 0.05) is 24.4 Å². The van der Waals surface area contributed by atoms with E-state index < -0.39 is 0 Å². The molecule has 0 atom stereocenters. The zero-order chi connectivity index (χ0) is 20.2. The first-order valence-corrected chi connectivity index (χ1v) is 9.59. The highest BCUT2D eigenvalue weighted by molar-refractivity contribution is 7.99. The van der Waals surface area contributed by atoms with Crippen molar-refractivity contribution in [1.82, 2.24) is 4.98 Å². The van der Waals surface area contributed by atoms with E-state index in [4.69, 9.17) is 13.9 Å². The lowest BCUT2D eigenvalue weighted by Gasteiger charge is -2.09. The maximum absolute atomic E-state index is 12.5. The van der Waals surface area contributed by atoms with Crippen LogP contribution in [-0.2, 0) is 6.61 Å². The van der Waals surface area contributed by atoms with Gasteiger partial charge in [0.2, 0.25) is 0 Å². The number of hydrogen-bond acceptors (Lipinski definition) is 7. The number of phenols is 1. The predicted molar refractivity (Wildman–Crippen MR) is 110 cm³/mol. The maximum atomic E-state index is 12.5. The Labute approximate surface area is 170 Å². The van der Waals surface area contributed by atoms with E-state index >= 15 is 0 Å². The zero-order valence-corrected chi connectivity index (χ0v) is 16.3. The van der Waals surface area contributed by atoms with Crippen LogP contribution in [0.15, 0.2) is 86.2 Å². The number of nitrogens with zero attached hydrogens (tertiary/aromatic N) is 1. The van der Waals surface area contributed by atoms with Crippen LogP contribution in [0.3, 0.4) is 0 Å². The average Bonchev–Trinajstić information content (AvgIpc) is 2.73. The largest absolute Gasteiger partial charge is 0.507 e. The maximum Gasteiger partial charge on any atom is 0.197 e. The van der Waals surface area contributed by atoms with Crippen molar-refractivity contribution in [2.24, 2.45) is 0 Å². The third-order valence-corrected chi connectivity index (χ3v) is 5.02. The zero-order valence-electron chi connectivity index (χ0n) is 15.5. The van der Waals surface area contributed by atoms with Crippen LogP contribution in [0.5, 0.6) is 17.2 Å². The molecule has 0 radical (unpaired) electrons. The highest BCUT2D eigenvalue weighted by atomic mass is 32.2. The summed E-state index contributed by atoms with van der Waals surface area (Å²) in [4.78, 5) is 16.7. The van der Waals surface area contributed by atoms with Crippen LogP contribution in [0.25, 0.3) is 11.0 Å². The number of ether oxygens (including phenoxy) is 2. The molecule has 0 aliphatic heterocycles. The topological polar surface area (TPSA) is 81.8 Å². The Morgan fingerprint density at radius 1 is 1.07 bits per heavy atom. The third-order valence-electron chi connectivity index (χ3n) is 4.17. The van der Waals surface area contributed by atoms with E-state index in [1.54, 1.807) is 19.4 Å². The van der Waals surface area contributed by atoms with Crippen LogP contribution in [0.2, 0.25) is 0 Å². The van der Waals surface area contributed by atoms with Gasteiger partial charge in [-0.1, -0.05) is 18.2 Å². The SMILES string of the molecule is COc1ccc(COc2cc(O)c3c(=O)cc(Sc4ccccn4)oc3c2)cc1. The number of fused-ring (bicyclic) bond motifs is 1. The molecule has 0 amide bonds. The van der Waals surface area contributed by atoms with Gasteiger partial charge in [0.15, 0.2) is 10.5 Å². The molecule has 2 aromatic heterocycles. The van der Waals surface area contributed by atoms with E-state index in [-0.39, 0.29) is 22.1 Å². The standard InChI is InChI=1S/C22H17NO5S/c1-26-15-7-5-14(6-8-15)13-27-16-10-17(24)22-18(25)12-21(28-19(22)11-16)29-20-4-2-3-9-23-20/h2-12,24H,13H2,1H3. The highest BCUT2D eigenvalue weighted by Crippen LogP contribution is 2.33. The molecule has 4 aromatic rings. The second-order valence-electron chi connectivity index (χ2n) is 6.15. The summed E-state index contributed by atoms with van der Waals surface area (Å²) in [6, 6.07) is 17.3. The van der Waals surface area contributed by atoms with Crippen LogP contribution >= 0.6 is 11.8 Å². The molecule has 0 aliphatic rings. The highest BCUT2D eigenvalue weighted by Gasteiger charge is 2.13. The van der Waals surface area contributed by atoms with E-state index in [1.165, 1.54) is 23.9 Å². The van der Waals surface area contributed by atoms with Crippen molar-refractivity contribution in [2.45, 2.75) is 16.7 Å². The summed E-state index contributed by atoms with van der Waals surface area (Å²) in [6.45, 7) is 0.293. The molecule has 7 heteroatoms. The van der Waals surface area contributed by atoms with Gasteiger partial charge in [-0.25, -0.2) is 4.98 Å². The first-order valence-electron chi connectivity index (χ1n) is 8.78. The Morgan fingerprint density at radius 3 is 2.62 bits per heavy atom. The molecule has 4 rings (SSSR count). The van der Waals surface area contributed by atoms with Gasteiger partial charge in [0.25, 0.3) is 0 Å². The molecular formula is C22H17NO5S. The predicted octanol–water partition coefficient (Wildman–Crippen LogP) is 4.63. The van der Waals surface area contributed by atoms with Gasteiger partial charge in [-0.05, 0) is 41.6 Å². The smallest absolute Gasteiger partial charge is 0.197 e. The fourth-order valence-electron chi connectivity index (χ4n) is 2.75. The second-order valence-corrected chi connectivity index (χ2v) is 7.18. The van der Waals surface area contributed by atoms with Crippen molar-refractivity contribution in [3.8, 4) is 17.2 Å². The lowest BCUT2D eigenvalue weighted by molar-refractivity contribution is 0.304. The summed E-state index contributed by atoms with van der Waals surface area (Å²) < 4.78 is 16.7. The number of phenolic OH excluding ortho intramolecular Hbond substituents is 1. The third kappa shape index (κ3) is 4.35. The summed E-state index contributed by atoms with van der Waals surface area (Å²) in [5.41, 5.74) is 0.857. The van der Waals surface area contributed by atoms with E-state index in [9.17, 15) is 9.90 Å². The van der Waals surface area contributed by atoms with Crippen molar-refractivity contribution in [2.75, 3.05) is 7.11 Å². The van der Waals surface area contributed by atoms with E-state index in [1.807, 2.05) is 42.5 Å². The molecule has 0 aliphatic carbocycles. The summed E-state index contributed by atoms with van der Waals surface area (Å²) in [5.74, 6) is 0.973. The lowest BCUT2D eigenvalue weighted by atomic mass is 10.2. The summed E-state index contributed by atoms with van der Waals surface area (Å²) >= 11 is 1.23. The van der Waals surface area contributed by atoms with Crippen LogP contribution in [0.4, 0.5) is 0 Å². The number of benzene rings is 2. The van der Waals surface area contributed by atoms with Crippen molar-refractivity contribution in [1.29, 1.82) is 0 Å². The van der Waals surface area contributed by atoms with E-state index in [0.29, 0.717) is 22.5 Å². The van der Waals surface area contributed by atoms with Crippen LogP contribution < -0.4 is 14.9 Å². The van der Waals surface area contributed by atoms with Crippen LogP contribution in [-0.4, -0.2) is 17.2 Å². The van der Waals surface area contributed by atoms with Gasteiger partial charge in [-0.2, -0.15) is 0 Å². The van der Waals surface area contributed by atoms with Gasteiger partial charge in [0.1, 0.15) is 39.9 Å². The average molecular weight is 407 g/mol. The number of aromatic nitrogens is 1. The van der Waals surface area contributed by atoms with Gasteiger partial charge in [-0.15, -0.1) is 0 Å². The Hall–Kier alpha value is -3.45. The Bertz CT molecular complexity index is 1190. The van der Waals surface area contributed by atoms with Crippen molar-refractivity contribution < 1.29 is 19.0 Å².